The monoisotopic (exact) mass is 373 g/mol. The molecule has 27 heavy (non-hydrogen) atoms. The van der Waals surface area contributed by atoms with Gasteiger partial charge in [0.25, 0.3) is 0 Å². The molecule has 0 radical (unpaired) electrons. The molecule has 0 saturated carbocycles. The lowest BCUT2D eigenvalue weighted by Gasteiger charge is -2.36. The molecule has 0 aliphatic carbocycles. The van der Waals surface area contributed by atoms with Crippen LogP contribution in [-0.2, 0) is 42.3 Å². The maximum absolute atomic E-state index is 13.2. The molecule has 1 atom stereocenters. The van der Waals surface area contributed by atoms with Crippen LogP contribution in [0.15, 0.2) is 10.7 Å². The summed E-state index contributed by atoms with van der Waals surface area (Å²) in [5.74, 6) is 0.543. The summed E-state index contributed by atoms with van der Waals surface area (Å²) in [6, 6.07) is -0.639. The Morgan fingerprint density at radius 1 is 1.30 bits per heavy atom. The van der Waals surface area contributed by atoms with Gasteiger partial charge in [-0.2, -0.15) is 5.10 Å². The van der Waals surface area contributed by atoms with Crippen molar-refractivity contribution in [1.82, 2.24) is 24.7 Å². The van der Waals surface area contributed by atoms with Gasteiger partial charge in [0.15, 0.2) is 0 Å². The SMILES string of the molecule is CCc1noc(CC)c1CC(=O)N1CCc2c(cnn2C)C1C(=O)N(C)C. The van der Waals surface area contributed by atoms with Gasteiger partial charge >= 0.3 is 0 Å². The largest absolute Gasteiger partial charge is 0.361 e. The molecule has 0 spiro atoms. The second-order valence-electron chi connectivity index (χ2n) is 7.06. The van der Waals surface area contributed by atoms with Crippen LogP contribution in [0.3, 0.4) is 0 Å². The summed E-state index contributed by atoms with van der Waals surface area (Å²) in [5.41, 5.74) is 3.49. The smallest absolute Gasteiger partial charge is 0.249 e. The molecule has 3 rings (SSSR count). The maximum atomic E-state index is 13.2. The van der Waals surface area contributed by atoms with Crippen LogP contribution in [0.4, 0.5) is 0 Å². The highest BCUT2D eigenvalue weighted by Gasteiger charge is 2.38. The van der Waals surface area contributed by atoms with Gasteiger partial charge in [-0.25, -0.2) is 0 Å². The second-order valence-corrected chi connectivity index (χ2v) is 7.06. The molecule has 0 fully saturated rings. The van der Waals surface area contributed by atoms with Gasteiger partial charge in [0.05, 0.1) is 18.3 Å². The molecule has 0 N–H and O–H groups in total. The molecule has 2 aromatic heterocycles. The van der Waals surface area contributed by atoms with E-state index in [-0.39, 0.29) is 18.2 Å². The molecule has 0 bridgehead atoms. The fraction of sp³-hybridized carbons (Fsp3) is 0.579. The number of carbonyl (C=O) groups is 2. The summed E-state index contributed by atoms with van der Waals surface area (Å²) in [7, 11) is 5.28. The number of carbonyl (C=O) groups excluding carboxylic acids is 2. The standard InChI is InChI=1S/C19H27N5O3/c1-6-14-12(16(7-2)27-21-14)10-17(25)24-9-8-15-13(11-20-23(15)5)18(24)19(26)22(3)4/h11,18H,6-10H2,1-5H3. The molecule has 2 amide bonds. The molecular weight excluding hydrogens is 346 g/mol. The molecule has 2 aromatic rings. The van der Waals surface area contributed by atoms with E-state index in [4.69, 9.17) is 4.52 Å². The van der Waals surface area contributed by atoms with Crippen LogP contribution in [0, 0.1) is 0 Å². The molecule has 146 valence electrons. The lowest BCUT2D eigenvalue weighted by atomic mass is 9.96. The van der Waals surface area contributed by atoms with E-state index in [2.05, 4.69) is 10.3 Å². The van der Waals surface area contributed by atoms with Gasteiger partial charge in [0.1, 0.15) is 11.8 Å². The zero-order valence-electron chi connectivity index (χ0n) is 16.7. The third-order valence-corrected chi connectivity index (χ3v) is 5.22. The van der Waals surface area contributed by atoms with Crippen LogP contribution < -0.4 is 0 Å². The number of fused-ring (bicyclic) bond motifs is 1. The topological polar surface area (TPSA) is 84.5 Å². The molecule has 1 aliphatic heterocycles. The fourth-order valence-corrected chi connectivity index (χ4v) is 3.71. The first-order chi connectivity index (χ1) is 12.9. The van der Waals surface area contributed by atoms with E-state index in [0.717, 1.165) is 28.3 Å². The van der Waals surface area contributed by atoms with Crippen molar-refractivity contribution in [3.05, 3.63) is 34.5 Å². The van der Waals surface area contributed by atoms with Crippen molar-refractivity contribution < 1.29 is 14.1 Å². The molecule has 1 unspecified atom stereocenters. The van der Waals surface area contributed by atoms with Crippen LogP contribution in [-0.4, -0.2) is 57.2 Å². The number of aryl methyl sites for hydroxylation is 3. The highest BCUT2D eigenvalue weighted by molar-refractivity contribution is 5.90. The van der Waals surface area contributed by atoms with Gasteiger partial charge in [0, 0.05) is 57.4 Å². The molecule has 0 saturated heterocycles. The Morgan fingerprint density at radius 3 is 2.67 bits per heavy atom. The molecule has 0 aromatic carbocycles. The molecule has 8 nitrogen and oxygen atoms in total. The van der Waals surface area contributed by atoms with E-state index in [1.807, 2.05) is 20.9 Å². The van der Waals surface area contributed by atoms with Crippen molar-refractivity contribution in [3.63, 3.8) is 0 Å². The van der Waals surface area contributed by atoms with Crippen LogP contribution >= 0.6 is 0 Å². The van der Waals surface area contributed by atoms with Gasteiger partial charge in [0.2, 0.25) is 11.8 Å². The van der Waals surface area contributed by atoms with E-state index in [1.165, 1.54) is 4.90 Å². The van der Waals surface area contributed by atoms with E-state index < -0.39 is 6.04 Å². The molecular formula is C19H27N5O3. The minimum absolute atomic E-state index is 0.0858. The van der Waals surface area contributed by atoms with Crippen LogP contribution in [0.25, 0.3) is 0 Å². The zero-order chi connectivity index (χ0) is 19.7. The third kappa shape index (κ3) is 3.36. The van der Waals surface area contributed by atoms with E-state index in [0.29, 0.717) is 25.8 Å². The summed E-state index contributed by atoms with van der Waals surface area (Å²) in [6.45, 7) is 4.46. The number of amides is 2. The van der Waals surface area contributed by atoms with Gasteiger partial charge in [-0.05, 0) is 6.42 Å². The van der Waals surface area contributed by atoms with Gasteiger partial charge in [-0.15, -0.1) is 0 Å². The summed E-state index contributed by atoms with van der Waals surface area (Å²) in [6.07, 6.45) is 3.97. The third-order valence-electron chi connectivity index (χ3n) is 5.22. The summed E-state index contributed by atoms with van der Waals surface area (Å²) in [5, 5.41) is 8.39. The Balaban J connectivity index is 1.93. The number of likely N-dealkylation sites (N-methyl/N-ethyl adjacent to an activating group) is 1. The highest BCUT2D eigenvalue weighted by atomic mass is 16.5. The minimum atomic E-state index is -0.639. The summed E-state index contributed by atoms with van der Waals surface area (Å²) < 4.78 is 7.18. The lowest BCUT2D eigenvalue weighted by molar-refractivity contribution is -0.145. The predicted octanol–water partition coefficient (Wildman–Crippen LogP) is 1.29. The molecule has 3 heterocycles. The Hall–Kier alpha value is -2.64. The maximum Gasteiger partial charge on any atom is 0.249 e. The van der Waals surface area contributed by atoms with Crippen molar-refractivity contribution in [2.45, 2.75) is 45.6 Å². The number of nitrogens with zero attached hydrogens (tertiary/aromatic N) is 5. The van der Waals surface area contributed by atoms with E-state index in [1.54, 1.807) is 29.9 Å². The number of rotatable bonds is 5. The number of aromatic nitrogens is 3. The second kappa shape index (κ2) is 7.54. The summed E-state index contributed by atoms with van der Waals surface area (Å²) >= 11 is 0. The van der Waals surface area contributed by atoms with E-state index >= 15 is 0 Å². The Morgan fingerprint density at radius 2 is 2.04 bits per heavy atom. The average molecular weight is 373 g/mol. The van der Waals surface area contributed by atoms with Crippen molar-refractivity contribution in [2.75, 3.05) is 20.6 Å². The van der Waals surface area contributed by atoms with Crippen LogP contribution in [0.5, 0.6) is 0 Å². The lowest BCUT2D eigenvalue weighted by Crippen LogP contribution is -2.47. The minimum Gasteiger partial charge on any atom is -0.361 e. The van der Waals surface area contributed by atoms with Crippen molar-refractivity contribution in [3.8, 4) is 0 Å². The number of hydrogen-bond donors (Lipinski definition) is 0. The summed E-state index contributed by atoms with van der Waals surface area (Å²) in [4.78, 5) is 29.3. The fourth-order valence-electron chi connectivity index (χ4n) is 3.71. The first-order valence-corrected chi connectivity index (χ1v) is 9.36. The highest BCUT2D eigenvalue weighted by Crippen LogP contribution is 2.31. The first kappa shape index (κ1) is 19.1. The average Bonchev–Trinajstić information content (AvgIpc) is 3.23. The van der Waals surface area contributed by atoms with Gasteiger partial charge in [-0.3, -0.25) is 14.3 Å². The van der Waals surface area contributed by atoms with Crippen LogP contribution in [0.2, 0.25) is 0 Å². The van der Waals surface area contributed by atoms with Gasteiger partial charge < -0.3 is 14.3 Å². The molecule has 1 aliphatic rings. The Bertz CT molecular complexity index is 830. The first-order valence-electron chi connectivity index (χ1n) is 9.36. The van der Waals surface area contributed by atoms with E-state index in [9.17, 15) is 9.59 Å². The van der Waals surface area contributed by atoms with Crippen molar-refractivity contribution >= 4 is 11.8 Å². The molecule has 8 heteroatoms. The normalized spacial score (nSPS) is 16.3. The zero-order valence-corrected chi connectivity index (χ0v) is 16.7. The predicted molar refractivity (Wildman–Crippen MR) is 99.0 cm³/mol. The quantitative estimate of drug-likeness (QED) is 0.788. The Labute approximate surface area is 159 Å². The van der Waals surface area contributed by atoms with Crippen LogP contribution in [0.1, 0.15) is 48.2 Å². The number of hydrogen-bond acceptors (Lipinski definition) is 5. The van der Waals surface area contributed by atoms with Crippen molar-refractivity contribution in [1.29, 1.82) is 0 Å². The van der Waals surface area contributed by atoms with Crippen molar-refractivity contribution in [2.24, 2.45) is 7.05 Å². The van der Waals surface area contributed by atoms with Gasteiger partial charge in [-0.1, -0.05) is 19.0 Å². The Kier molecular flexibility index (Phi) is 5.34.